The Morgan fingerprint density at radius 2 is 1.62 bits per heavy atom. The molecule has 0 amide bonds. The van der Waals surface area contributed by atoms with E-state index in [0.717, 1.165) is 12.0 Å². The number of ether oxygens (including phenoxy) is 1. The molecule has 94 valence electrons. The fourth-order valence-corrected chi connectivity index (χ4v) is 3.30. The SMILES string of the molecule is COC1CCCCC1NC1CCC(C)CC1. The molecular weight excluding hydrogens is 198 g/mol. The van der Waals surface area contributed by atoms with Gasteiger partial charge in [0.2, 0.25) is 0 Å². The van der Waals surface area contributed by atoms with Gasteiger partial charge < -0.3 is 10.1 Å². The minimum Gasteiger partial charge on any atom is -0.380 e. The van der Waals surface area contributed by atoms with Crippen LogP contribution in [0.2, 0.25) is 0 Å². The molecule has 2 rings (SSSR count). The molecule has 16 heavy (non-hydrogen) atoms. The minimum absolute atomic E-state index is 0.466. The fraction of sp³-hybridized carbons (Fsp3) is 1.00. The summed E-state index contributed by atoms with van der Waals surface area (Å²) >= 11 is 0. The van der Waals surface area contributed by atoms with Gasteiger partial charge in [-0.3, -0.25) is 0 Å². The van der Waals surface area contributed by atoms with Crippen molar-refractivity contribution in [2.75, 3.05) is 7.11 Å². The number of nitrogens with one attached hydrogen (secondary N) is 1. The molecule has 2 saturated carbocycles. The van der Waals surface area contributed by atoms with Crippen molar-refractivity contribution in [3.8, 4) is 0 Å². The maximum absolute atomic E-state index is 5.60. The molecule has 0 aromatic heterocycles. The Bertz CT molecular complexity index is 199. The van der Waals surface area contributed by atoms with Crippen molar-refractivity contribution in [1.82, 2.24) is 5.32 Å². The van der Waals surface area contributed by atoms with E-state index in [-0.39, 0.29) is 0 Å². The Kier molecular flexibility index (Phi) is 4.66. The zero-order chi connectivity index (χ0) is 11.4. The molecule has 2 unspecified atom stereocenters. The highest BCUT2D eigenvalue weighted by atomic mass is 16.5. The average Bonchev–Trinajstić information content (AvgIpc) is 2.33. The van der Waals surface area contributed by atoms with Gasteiger partial charge in [-0.25, -0.2) is 0 Å². The van der Waals surface area contributed by atoms with Gasteiger partial charge >= 0.3 is 0 Å². The Hall–Kier alpha value is -0.0800. The monoisotopic (exact) mass is 225 g/mol. The lowest BCUT2D eigenvalue weighted by Crippen LogP contribution is -2.48. The van der Waals surface area contributed by atoms with Crippen LogP contribution in [0.3, 0.4) is 0 Å². The Labute approximate surface area is 100 Å². The summed E-state index contributed by atoms with van der Waals surface area (Å²) in [6, 6.07) is 1.38. The summed E-state index contributed by atoms with van der Waals surface area (Å²) in [6.07, 6.45) is 11.3. The molecule has 2 heteroatoms. The van der Waals surface area contributed by atoms with Gasteiger partial charge in [0.15, 0.2) is 0 Å². The van der Waals surface area contributed by atoms with Crippen LogP contribution in [0.25, 0.3) is 0 Å². The first kappa shape index (κ1) is 12.4. The second kappa shape index (κ2) is 6.02. The highest BCUT2D eigenvalue weighted by Gasteiger charge is 2.28. The van der Waals surface area contributed by atoms with Crippen LogP contribution < -0.4 is 5.32 Å². The van der Waals surface area contributed by atoms with Crippen LogP contribution in [-0.4, -0.2) is 25.3 Å². The summed E-state index contributed by atoms with van der Waals surface area (Å²) < 4.78 is 5.60. The van der Waals surface area contributed by atoms with E-state index in [4.69, 9.17) is 4.74 Å². The quantitative estimate of drug-likeness (QED) is 0.797. The summed E-state index contributed by atoms with van der Waals surface area (Å²) in [5.41, 5.74) is 0. The highest BCUT2D eigenvalue weighted by molar-refractivity contribution is 4.86. The largest absolute Gasteiger partial charge is 0.380 e. The smallest absolute Gasteiger partial charge is 0.0724 e. The lowest BCUT2D eigenvalue weighted by atomic mass is 9.85. The van der Waals surface area contributed by atoms with E-state index < -0.39 is 0 Å². The predicted octanol–water partition coefficient (Wildman–Crippen LogP) is 3.11. The van der Waals surface area contributed by atoms with Gasteiger partial charge in [0.25, 0.3) is 0 Å². The van der Waals surface area contributed by atoms with Crippen molar-refractivity contribution in [3.63, 3.8) is 0 Å². The zero-order valence-electron chi connectivity index (χ0n) is 10.9. The standard InChI is InChI=1S/C14H27NO/c1-11-7-9-12(10-8-11)15-13-5-3-4-6-14(13)16-2/h11-15H,3-10H2,1-2H3. The van der Waals surface area contributed by atoms with Crippen molar-refractivity contribution >= 4 is 0 Å². The molecule has 0 saturated heterocycles. The summed E-state index contributed by atoms with van der Waals surface area (Å²) in [7, 11) is 1.87. The van der Waals surface area contributed by atoms with Crippen molar-refractivity contribution in [2.24, 2.45) is 5.92 Å². The third kappa shape index (κ3) is 3.21. The molecule has 2 nitrogen and oxygen atoms in total. The van der Waals surface area contributed by atoms with Crippen molar-refractivity contribution in [1.29, 1.82) is 0 Å². The lowest BCUT2D eigenvalue weighted by Gasteiger charge is -2.36. The summed E-state index contributed by atoms with van der Waals surface area (Å²) in [4.78, 5) is 0. The molecule has 2 atom stereocenters. The van der Waals surface area contributed by atoms with Crippen LogP contribution in [0.1, 0.15) is 58.3 Å². The Morgan fingerprint density at radius 1 is 0.938 bits per heavy atom. The molecular formula is C14H27NO. The predicted molar refractivity (Wildman–Crippen MR) is 67.6 cm³/mol. The van der Waals surface area contributed by atoms with Gasteiger partial charge in [0.05, 0.1) is 6.10 Å². The molecule has 2 fully saturated rings. The van der Waals surface area contributed by atoms with Gasteiger partial charge in [0, 0.05) is 19.2 Å². The molecule has 0 aromatic rings. The van der Waals surface area contributed by atoms with Crippen molar-refractivity contribution in [3.05, 3.63) is 0 Å². The van der Waals surface area contributed by atoms with Crippen LogP contribution in [-0.2, 0) is 4.74 Å². The van der Waals surface area contributed by atoms with E-state index in [9.17, 15) is 0 Å². The molecule has 0 heterocycles. The summed E-state index contributed by atoms with van der Waals surface area (Å²) in [5.74, 6) is 0.947. The van der Waals surface area contributed by atoms with Gasteiger partial charge in [-0.15, -0.1) is 0 Å². The van der Waals surface area contributed by atoms with Gasteiger partial charge in [-0.1, -0.05) is 19.8 Å². The molecule has 1 N–H and O–H groups in total. The van der Waals surface area contributed by atoms with Gasteiger partial charge in [0.1, 0.15) is 0 Å². The highest BCUT2D eigenvalue weighted by Crippen LogP contribution is 2.26. The van der Waals surface area contributed by atoms with Crippen LogP contribution >= 0.6 is 0 Å². The summed E-state index contributed by atoms with van der Waals surface area (Å²) in [5, 5.41) is 3.85. The first-order valence-electron chi connectivity index (χ1n) is 7.08. The van der Waals surface area contributed by atoms with E-state index in [1.807, 2.05) is 7.11 Å². The molecule has 2 aliphatic rings. The maximum atomic E-state index is 5.60. The van der Waals surface area contributed by atoms with Crippen LogP contribution in [0.4, 0.5) is 0 Å². The normalized spacial score (nSPS) is 40.9. The molecule has 2 aliphatic carbocycles. The van der Waals surface area contributed by atoms with E-state index in [0.29, 0.717) is 12.1 Å². The molecule has 0 bridgehead atoms. The second-order valence-electron chi connectivity index (χ2n) is 5.79. The van der Waals surface area contributed by atoms with Gasteiger partial charge in [-0.05, 0) is 44.4 Å². The third-order valence-corrected chi connectivity index (χ3v) is 4.47. The Morgan fingerprint density at radius 3 is 2.31 bits per heavy atom. The zero-order valence-corrected chi connectivity index (χ0v) is 10.9. The first-order chi connectivity index (χ1) is 7.79. The van der Waals surface area contributed by atoms with Crippen LogP contribution in [0.15, 0.2) is 0 Å². The number of methoxy groups -OCH3 is 1. The van der Waals surface area contributed by atoms with E-state index in [1.54, 1.807) is 0 Å². The number of hydrogen-bond donors (Lipinski definition) is 1. The fourth-order valence-electron chi connectivity index (χ4n) is 3.30. The van der Waals surface area contributed by atoms with Crippen LogP contribution in [0, 0.1) is 5.92 Å². The van der Waals surface area contributed by atoms with Crippen molar-refractivity contribution in [2.45, 2.75) is 76.5 Å². The number of rotatable bonds is 3. The first-order valence-corrected chi connectivity index (χ1v) is 7.08. The van der Waals surface area contributed by atoms with E-state index in [2.05, 4.69) is 12.2 Å². The maximum Gasteiger partial charge on any atom is 0.0724 e. The van der Waals surface area contributed by atoms with Gasteiger partial charge in [-0.2, -0.15) is 0 Å². The lowest BCUT2D eigenvalue weighted by molar-refractivity contribution is 0.0351. The Balaban J connectivity index is 1.78. The number of hydrogen-bond acceptors (Lipinski definition) is 2. The van der Waals surface area contributed by atoms with E-state index in [1.165, 1.54) is 51.4 Å². The average molecular weight is 225 g/mol. The summed E-state index contributed by atoms with van der Waals surface area (Å²) in [6.45, 7) is 2.38. The second-order valence-corrected chi connectivity index (χ2v) is 5.79. The third-order valence-electron chi connectivity index (χ3n) is 4.47. The molecule has 0 aromatic carbocycles. The topological polar surface area (TPSA) is 21.3 Å². The van der Waals surface area contributed by atoms with Crippen molar-refractivity contribution < 1.29 is 4.74 Å². The molecule has 0 spiro atoms. The van der Waals surface area contributed by atoms with Crippen LogP contribution in [0.5, 0.6) is 0 Å². The van der Waals surface area contributed by atoms with E-state index >= 15 is 0 Å². The minimum atomic E-state index is 0.466. The molecule has 0 radical (unpaired) electrons. The molecule has 0 aliphatic heterocycles.